The van der Waals surface area contributed by atoms with Crippen LogP contribution in [0.3, 0.4) is 0 Å². The first-order chi connectivity index (χ1) is 7.12. The summed E-state index contributed by atoms with van der Waals surface area (Å²) in [5.41, 5.74) is 0.260. The Hall–Kier alpha value is -0.960. The maximum absolute atomic E-state index is 11.7. The quantitative estimate of drug-likeness (QED) is 0.725. The van der Waals surface area contributed by atoms with Gasteiger partial charge in [0.2, 0.25) is 5.52 Å². The molecule has 0 aliphatic rings. The van der Waals surface area contributed by atoms with E-state index in [0.717, 1.165) is 5.56 Å². The van der Waals surface area contributed by atoms with E-state index in [1.165, 1.54) is 14.2 Å². The minimum absolute atomic E-state index is 0.0554. The zero-order valence-electron chi connectivity index (χ0n) is 8.67. The molecule has 0 heterocycles. The highest BCUT2D eigenvalue weighted by Gasteiger charge is 2.31. The van der Waals surface area contributed by atoms with Gasteiger partial charge in [0.25, 0.3) is 0 Å². The summed E-state index contributed by atoms with van der Waals surface area (Å²) < 4.78 is 20.9. The number of hydrogen-bond acceptors (Lipinski definition) is 4. The van der Waals surface area contributed by atoms with E-state index in [9.17, 15) is 9.36 Å². The van der Waals surface area contributed by atoms with Gasteiger partial charge in [-0.25, -0.2) is 0 Å². The molecule has 1 rings (SSSR count). The lowest BCUT2D eigenvalue weighted by Crippen LogP contribution is -2.06. The molecule has 82 valence electrons. The fraction of sp³-hybridized carbons (Fsp3) is 0.300. The first kappa shape index (κ1) is 12.1. The Morgan fingerprint density at radius 1 is 1.20 bits per heavy atom. The van der Waals surface area contributed by atoms with Crippen LogP contribution >= 0.6 is 7.60 Å². The molecule has 0 bridgehead atoms. The Morgan fingerprint density at radius 3 is 2.20 bits per heavy atom. The van der Waals surface area contributed by atoms with Crippen LogP contribution in [0.1, 0.15) is 5.56 Å². The summed E-state index contributed by atoms with van der Waals surface area (Å²) in [4.78, 5) is 11.6. The van der Waals surface area contributed by atoms with Gasteiger partial charge in [0.05, 0.1) is 0 Å². The fourth-order valence-corrected chi connectivity index (χ4v) is 2.08. The first-order valence-corrected chi connectivity index (χ1v) is 5.95. The van der Waals surface area contributed by atoms with Crippen molar-refractivity contribution in [3.8, 4) is 0 Å². The number of carbonyl (C=O) groups excluding carboxylic acids is 1. The van der Waals surface area contributed by atoms with E-state index in [4.69, 9.17) is 0 Å². The van der Waals surface area contributed by atoms with Gasteiger partial charge in [-0.2, -0.15) is 0 Å². The molecule has 1 aromatic carbocycles. The second kappa shape index (κ2) is 5.21. The standard InChI is InChI=1S/C10H13O4P/c1-13-15(12,14-2)10(11)8-9-6-4-3-5-7-9/h3-7H,8H2,1-2H3. The van der Waals surface area contributed by atoms with Crippen LogP contribution in [0.4, 0.5) is 0 Å². The predicted octanol–water partition coefficient (Wildman–Crippen LogP) is 2.24. The molecule has 1 aromatic rings. The molecular formula is C10H13O4P. The third-order valence-electron chi connectivity index (χ3n) is 1.98. The maximum Gasteiger partial charge on any atom is 0.396 e. The Morgan fingerprint density at radius 2 is 1.73 bits per heavy atom. The number of rotatable bonds is 5. The highest BCUT2D eigenvalue weighted by atomic mass is 31.2. The molecule has 4 nitrogen and oxygen atoms in total. The van der Waals surface area contributed by atoms with Crippen molar-refractivity contribution in [3.63, 3.8) is 0 Å². The van der Waals surface area contributed by atoms with Gasteiger partial charge in [0, 0.05) is 20.6 Å². The Bertz CT molecular complexity index is 366. The molecular weight excluding hydrogens is 215 g/mol. The van der Waals surface area contributed by atoms with Crippen molar-refractivity contribution in [3.05, 3.63) is 35.9 Å². The van der Waals surface area contributed by atoms with Crippen LogP contribution in [0.15, 0.2) is 30.3 Å². The molecule has 0 radical (unpaired) electrons. The third-order valence-corrected chi connectivity index (χ3v) is 3.71. The van der Waals surface area contributed by atoms with Crippen molar-refractivity contribution >= 4 is 13.1 Å². The second-order valence-corrected chi connectivity index (χ2v) is 5.14. The smallest absolute Gasteiger partial charge is 0.307 e. The Labute approximate surface area is 88.7 Å². The summed E-state index contributed by atoms with van der Waals surface area (Å²) in [5, 5.41) is 0. The molecule has 0 N–H and O–H groups in total. The summed E-state index contributed by atoms with van der Waals surface area (Å²) in [7, 11) is -1.17. The molecule has 0 fully saturated rings. The average Bonchev–Trinajstić information content (AvgIpc) is 2.29. The van der Waals surface area contributed by atoms with Crippen LogP contribution in [-0.2, 0) is 24.8 Å². The van der Waals surface area contributed by atoms with Gasteiger partial charge in [-0.15, -0.1) is 0 Å². The van der Waals surface area contributed by atoms with Crippen molar-refractivity contribution in [2.75, 3.05) is 14.2 Å². The van der Waals surface area contributed by atoms with E-state index in [-0.39, 0.29) is 6.42 Å². The molecule has 0 aromatic heterocycles. The fourth-order valence-electron chi connectivity index (χ4n) is 1.15. The van der Waals surface area contributed by atoms with Crippen LogP contribution < -0.4 is 0 Å². The molecule has 0 saturated carbocycles. The summed E-state index contributed by atoms with van der Waals surface area (Å²) in [6.45, 7) is 0. The van der Waals surface area contributed by atoms with Crippen molar-refractivity contribution < 1.29 is 18.4 Å². The molecule has 15 heavy (non-hydrogen) atoms. The van der Waals surface area contributed by atoms with Crippen molar-refractivity contribution in [1.29, 1.82) is 0 Å². The van der Waals surface area contributed by atoms with Gasteiger partial charge in [0.15, 0.2) is 0 Å². The van der Waals surface area contributed by atoms with Gasteiger partial charge in [-0.05, 0) is 5.56 Å². The van der Waals surface area contributed by atoms with Crippen molar-refractivity contribution in [2.45, 2.75) is 6.42 Å². The zero-order chi connectivity index (χ0) is 11.3. The van der Waals surface area contributed by atoms with E-state index in [2.05, 4.69) is 9.05 Å². The molecule has 5 heteroatoms. The summed E-state index contributed by atoms with van der Waals surface area (Å²) in [6.07, 6.45) is 0.0554. The summed E-state index contributed by atoms with van der Waals surface area (Å²) in [6, 6.07) is 9.04. The molecule has 0 amide bonds. The molecule has 0 saturated heterocycles. The van der Waals surface area contributed by atoms with Crippen LogP contribution in [0, 0.1) is 0 Å². The number of benzene rings is 1. The molecule has 0 unspecified atom stereocenters. The van der Waals surface area contributed by atoms with Gasteiger partial charge in [0.1, 0.15) is 0 Å². The van der Waals surface area contributed by atoms with Crippen molar-refractivity contribution in [1.82, 2.24) is 0 Å². The highest BCUT2D eigenvalue weighted by molar-refractivity contribution is 7.71. The topological polar surface area (TPSA) is 52.6 Å². The van der Waals surface area contributed by atoms with Crippen LogP contribution in [0.5, 0.6) is 0 Å². The monoisotopic (exact) mass is 228 g/mol. The molecule has 0 aliphatic heterocycles. The van der Waals surface area contributed by atoms with E-state index in [0.29, 0.717) is 0 Å². The average molecular weight is 228 g/mol. The van der Waals surface area contributed by atoms with Gasteiger partial charge in [-0.1, -0.05) is 30.3 Å². The SMILES string of the molecule is COP(=O)(OC)C(=O)Cc1ccccc1. The minimum atomic E-state index is -3.58. The lowest BCUT2D eigenvalue weighted by Gasteiger charge is -2.11. The second-order valence-electron chi connectivity index (χ2n) is 2.92. The minimum Gasteiger partial charge on any atom is -0.307 e. The molecule has 0 spiro atoms. The van der Waals surface area contributed by atoms with Gasteiger partial charge >= 0.3 is 7.60 Å². The Balaban J connectivity index is 2.76. The lowest BCUT2D eigenvalue weighted by atomic mass is 10.2. The highest BCUT2D eigenvalue weighted by Crippen LogP contribution is 2.47. The Kier molecular flexibility index (Phi) is 4.21. The normalized spacial score (nSPS) is 11.3. The van der Waals surface area contributed by atoms with Gasteiger partial charge < -0.3 is 9.05 Å². The van der Waals surface area contributed by atoms with Crippen LogP contribution in [0.2, 0.25) is 0 Å². The summed E-state index contributed by atoms with van der Waals surface area (Å²) in [5.74, 6) is 0. The van der Waals surface area contributed by atoms with Crippen LogP contribution in [-0.4, -0.2) is 19.7 Å². The lowest BCUT2D eigenvalue weighted by molar-refractivity contribution is -0.113. The largest absolute Gasteiger partial charge is 0.396 e. The number of carbonyl (C=O) groups is 1. The first-order valence-electron chi connectivity index (χ1n) is 4.41. The van der Waals surface area contributed by atoms with E-state index < -0.39 is 13.1 Å². The van der Waals surface area contributed by atoms with Crippen LogP contribution in [0.25, 0.3) is 0 Å². The maximum atomic E-state index is 11.7. The number of hydrogen-bond donors (Lipinski definition) is 0. The van der Waals surface area contributed by atoms with E-state index in [1.807, 2.05) is 18.2 Å². The summed E-state index contributed by atoms with van der Waals surface area (Å²) >= 11 is 0. The van der Waals surface area contributed by atoms with Crippen molar-refractivity contribution in [2.24, 2.45) is 0 Å². The van der Waals surface area contributed by atoms with Gasteiger partial charge in [-0.3, -0.25) is 9.36 Å². The van der Waals surface area contributed by atoms with E-state index >= 15 is 0 Å². The molecule has 0 atom stereocenters. The third kappa shape index (κ3) is 2.99. The zero-order valence-corrected chi connectivity index (χ0v) is 9.57. The predicted molar refractivity (Wildman–Crippen MR) is 56.8 cm³/mol. The van der Waals surface area contributed by atoms with E-state index in [1.54, 1.807) is 12.1 Å². The molecule has 0 aliphatic carbocycles.